The van der Waals surface area contributed by atoms with Crippen molar-refractivity contribution in [1.82, 2.24) is 21.3 Å². The fourth-order valence-corrected chi connectivity index (χ4v) is 6.64. The Bertz CT molecular complexity index is 1720. The minimum absolute atomic E-state index is 0.00428. The highest BCUT2D eigenvalue weighted by Crippen LogP contribution is 2.30. The van der Waals surface area contributed by atoms with E-state index in [0.717, 1.165) is 66.5 Å². The number of thiocarbonyl (C=S) groups is 2. The molecule has 0 amide bonds. The van der Waals surface area contributed by atoms with E-state index in [4.69, 9.17) is 71.8 Å². The minimum Gasteiger partial charge on any atom is -0.463 e. The first-order valence-corrected chi connectivity index (χ1v) is 19.7. The van der Waals surface area contributed by atoms with Crippen LogP contribution in [-0.4, -0.2) is 132 Å². The summed E-state index contributed by atoms with van der Waals surface area (Å²) in [6.07, 6.45) is -13.2. The molecule has 1 aromatic carbocycles. The molecule has 2 aliphatic rings. The van der Waals surface area contributed by atoms with Gasteiger partial charge < -0.3 is 68.6 Å². The molecule has 0 radical (unpaired) electrons. The maximum absolute atomic E-state index is 12.2. The van der Waals surface area contributed by atoms with Crippen LogP contribution in [-0.2, 0) is 98.8 Å². The summed E-state index contributed by atoms with van der Waals surface area (Å²) in [5, 5.41) is 11.8. The molecular weight excluding hydrogens is 865 g/mol. The van der Waals surface area contributed by atoms with Gasteiger partial charge in [-0.15, -0.1) is 0 Å². The molecule has 22 nitrogen and oxygen atoms in total. The molecule has 0 aromatic heterocycles. The maximum Gasteiger partial charge on any atom is 0.303 e. The number of carbonyl (C=O) groups excluding carboxylic acids is 8. The summed E-state index contributed by atoms with van der Waals surface area (Å²) in [7, 11) is 0. The predicted molar refractivity (Wildman–Crippen MR) is 216 cm³/mol. The number of hydrogen-bond donors (Lipinski definition) is 4. The third kappa shape index (κ3) is 16.6. The number of esters is 8. The molecule has 2 saturated heterocycles. The van der Waals surface area contributed by atoms with Gasteiger partial charge in [-0.05, 0) is 35.6 Å². The van der Waals surface area contributed by atoms with E-state index < -0.39 is 122 Å². The summed E-state index contributed by atoms with van der Waals surface area (Å²) in [5.74, 6) is -6.01. The van der Waals surface area contributed by atoms with Gasteiger partial charge in [-0.3, -0.25) is 38.4 Å². The van der Waals surface area contributed by atoms with Crippen molar-refractivity contribution >= 4 is 82.4 Å². The Hall–Kier alpha value is -5.72. The number of rotatable bonds is 16. The first-order valence-electron chi connectivity index (χ1n) is 18.9. The number of hydrogen-bond acceptors (Lipinski definition) is 20. The van der Waals surface area contributed by atoms with Crippen LogP contribution < -0.4 is 21.3 Å². The average molecular weight is 915 g/mol. The van der Waals surface area contributed by atoms with Crippen molar-refractivity contribution in [3.8, 4) is 0 Å². The molecule has 10 atom stereocenters. The third-order valence-corrected chi connectivity index (χ3v) is 8.95. The van der Waals surface area contributed by atoms with Crippen LogP contribution >= 0.6 is 24.4 Å². The highest BCUT2D eigenvalue weighted by molar-refractivity contribution is 7.80. The lowest BCUT2D eigenvalue weighted by Gasteiger charge is -2.44. The van der Waals surface area contributed by atoms with Crippen molar-refractivity contribution in [2.24, 2.45) is 0 Å². The highest BCUT2D eigenvalue weighted by Gasteiger charge is 2.54. The van der Waals surface area contributed by atoms with Crippen molar-refractivity contribution in [3.05, 3.63) is 35.4 Å². The molecule has 2 fully saturated rings. The molecule has 0 unspecified atom stereocenters. The first-order chi connectivity index (χ1) is 29.1. The number of carbonyl (C=O) groups is 8. The molecule has 2 heterocycles. The summed E-state index contributed by atoms with van der Waals surface area (Å²) in [6.45, 7) is 8.46. The van der Waals surface area contributed by atoms with Gasteiger partial charge >= 0.3 is 47.8 Å². The van der Waals surface area contributed by atoms with E-state index in [9.17, 15) is 38.4 Å². The standard InChI is InChI=1S/C38H50N4O18S2/c1-17(43)51-15-27-29(53-19(3)45)31(55-21(5)47)33(57-23(7)49)35(59-27)41-37(61)39-13-25-10-9-11-26(12-25)14-40-38(62)42-36-34(58-24(8)50)32(56-22(6)48)30(54-20(4)46)28(60-36)16-52-18(2)44/h9-12,27-36H,13-16H2,1-8H3,(H2,39,41,61)(H2,40,42,62)/t27-,28-,29-,30-,31+,32+,33-,34-,35-,36-/m1/s1. The molecule has 1 aromatic rings. The molecule has 62 heavy (non-hydrogen) atoms. The second-order valence-electron chi connectivity index (χ2n) is 13.7. The van der Waals surface area contributed by atoms with Crippen LogP contribution in [0.15, 0.2) is 24.3 Å². The molecule has 24 heteroatoms. The Morgan fingerprint density at radius 1 is 0.484 bits per heavy atom. The largest absolute Gasteiger partial charge is 0.463 e. The van der Waals surface area contributed by atoms with Gasteiger partial charge in [0.2, 0.25) is 0 Å². The van der Waals surface area contributed by atoms with Gasteiger partial charge in [0.05, 0.1) is 0 Å². The normalized spacial score (nSPS) is 25.2. The zero-order valence-corrected chi connectivity index (χ0v) is 36.7. The summed E-state index contributed by atoms with van der Waals surface area (Å²) >= 11 is 11.0. The molecule has 342 valence electrons. The summed E-state index contributed by atoms with van der Waals surface area (Å²) in [5.41, 5.74) is 1.46. The Morgan fingerprint density at radius 2 is 0.790 bits per heavy atom. The minimum atomic E-state index is -1.40. The Morgan fingerprint density at radius 3 is 1.10 bits per heavy atom. The van der Waals surface area contributed by atoms with Crippen molar-refractivity contribution in [2.45, 2.75) is 130 Å². The lowest BCUT2D eigenvalue weighted by atomic mass is 9.97. The van der Waals surface area contributed by atoms with Crippen LogP contribution in [0.5, 0.6) is 0 Å². The lowest BCUT2D eigenvalue weighted by molar-refractivity contribution is -0.255. The van der Waals surface area contributed by atoms with Gasteiger partial charge in [0.15, 0.2) is 59.3 Å². The fourth-order valence-electron chi connectivity index (χ4n) is 6.26. The second kappa shape index (κ2) is 24.1. The molecule has 2 aliphatic heterocycles. The molecular formula is C38H50N4O18S2. The second-order valence-corrected chi connectivity index (χ2v) is 14.5. The van der Waals surface area contributed by atoms with Gasteiger partial charge in [0.25, 0.3) is 0 Å². The zero-order chi connectivity index (χ0) is 46.3. The van der Waals surface area contributed by atoms with E-state index in [1.165, 1.54) is 0 Å². The van der Waals surface area contributed by atoms with Crippen molar-refractivity contribution in [2.75, 3.05) is 13.2 Å². The molecule has 0 saturated carbocycles. The van der Waals surface area contributed by atoms with Crippen LogP contribution in [0.1, 0.15) is 66.5 Å². The summed E-state index contributed by atoms with van der Waals surface area (Å²) < 4.78 is 54.9. The molecule has 0 spiro atoms. The predicted octanol–water partition coefficient (Wildman–Crippen LogP) is -0.219. The zero-order valence-electron chi connectivity index (χ0n) is 35.1. The summed E-state index contributed by atoms with van der Waals surface area (Å²) in [6, 6.07) is 7.16. The van der Waals surface area contributed by atoms with Crippen LogP contribution in [0.3, 0.4) is 0 Å². The third-order valence-electron chi connectivity index (χ3n) is 8.43. The fraction of sp³-hybridized carbons (Fsp3) is 0.579. The maximum atomic E-state index is 12.2. The molecule has 0 aliphatic carbocycles. The Labute approximate surface area is 366 Å². The topological polar surface area (TPSA) is 277 Å². The van der Waals surface area contributed by atoms with E-state index in [1.807, 2.05) is 6.07 Å². The van der Waals surface area contributed by atoms with Gasteiger partial charge in [-0.2, -0.15) is 0 Å². The Balaban J connectivity index is 1.73. The van der Waals surface area contributed by atoms with Crippen LogP contribution in [0.2, 0.25) is 0 Å². The average Bonchev–Trinajstić information content (AvgIpc) is 3.15. The van der Waals surface area contributed by atoms with Gasteiger partial charge in [0, 0.05) is 68.5 Å². The van der Waals surface area contributed by atoms with Gasteiger partial charge in [0.1, 0.15) is 25.4 Å². The molecule has 0 bridgehead atoms. The quantitative estimate of drug-likeness (QED) is 0.0948. The lowest BCUT2D eigenvalue weighted by Crippen LogP contribution is -2.66. The monoisotopic (exact) mass is 914 g/mol. The first kappa shape index (κ1) is 50.6. The Kier molecular flexibility index (Phi) is 19.6. The van der Waals surface area contributed by atoms with E-state index in [-0.39, 0.29) is 23.3 Å². The van der Waals surface area contributed by atoms with E-state index >= 15 is 0 Å². The van der Waals surface area contributed by atoms with Crippen LogP contribution in [0.4, 0.5) is 0 Å². The SMILES string of the molecule is CC(=O)OC[C@H]1O[C@@H](NC(=S)NCc2cccc(CNC(=S)N[C@@H]3O[C@H](COC(C)=O)[C@@H](OC(C)=O)[C@H](OC(C)=O)[C@H]3OC(C)=O)c2)[C@H](OC(C)=O)[C@@H](OC(C)=O)[C@@H]1OC(C)=O. The summed E-state index contributed by atoms with van der Waals surface area (Å²) in [4.78, 5) is 96.0. The molecule has 3 rings (SSSR count). The highest BCUT2D eigenvalue weighted by atomic mass is 32.1. The molecule has 4 N–H and O–H groups in total. The number of benzene rings is 1. The van der Waals surface area contributed by atoms with E-state index in [1.54, 1.807) is 18.2 Å². The van der Waals surface area contributed by atoms with Crippen LogP contribution in [0.25, 0.3) is 0 Å². The van der Waals surface area contributed by atoms with Crippen molar-refractivity contribution in [1.29, 1.82) is 0 Å². The van der Waals surface area contributed by atoms with E-state index in [2.05, 4.69) is 21.3 Å². The van der Waals surface area contributed by atoms with Gasteiger partial charge in [-0.1, -0.05) is 24.3 Å². The number of nitrogens with one attached hydrogen (secondary N) is 4. The number of ether oxygens (including phenoxy) is 10. The van der Waals surface area contributed by atoms with E-state index in [0.29, 0.717) is 0 Å². The van der Waals surface area contributed by atoms with Crippen molar-refractivity contribution in [3.63, 3.8) is 0 Å². The van der Waals surface area contributed by atoms with Crippen molar-refractivity contribution < 1.29 is 85.7 Å². The van der Waals surface area contributed by atoms with Gasteiger partial charge in [-0.25, -0.2) is 0 Å². The van der Waals surface area contributed by atoms with Crippen LogP contribution in [0, 0.1) is 0 Å². The smallest absolute Gasteiger partial charge is 0.303 e.